The molecule has 0 amide bonds. The van der Waals surface area contributed by atoms with Crippen molar-refractivity contribution in [1.82, 2.24) is 0 Å². The van der Waals surface area contributed by atoms with Crippen LogP contribution >= 0.6 is 0 Å². The Balaban J connectivity index is 1.57. The van der Waals surface area contributed by atoms with Crippen molar-refractivity contribution >= 4 is 0 Å². The summed E-state index contributed by atoms with van der Waals surface area (Å²) in [6, 6.07) is 0. The molecule has 0 bridgehead atoms. The van der Waals surface area contributed by atoms with Crippen LogP contribution in [-0.4, -0.2) is 10.7 Å². The molecule has 0 radical (unpaired) electrons. The zero-order chi connectivity index (χ0) is 14.8. The van der Waals surface area contributed by atoms with Crippen molar-refractivity contribution in [3.05, 3.63) is 12.2 Å². The third-order valence-electron chi connectivity index (χ3n) is 8.19. The Bertz CT molecular complexity index is 451. The van der Waals surface area contributed by atoms with Crippen molar-refractivity contribution in [2.75, 3.05) is 0 Å². The van der Waals surface area contributed by atoms with Gasteiger partial charge in [-0.15, -0.1) is 0 Å². The summed E-state index contributed by atoms with van der Waals surface area (Å²) in [7, 11) is 0. The maximum absolute atomic E-state index is 10.4. The van der Waals surface area contributed by atoms with Crippen LogP contribution in [0.15, 0.2) is 12.2 Å². The first kappa shape index (κ1) is 14.3. The van der Waals surface area contributed by atoms with Gasteiger partial charge in [-0.25, -0.2) is 0 Å². The zero-order valence-electron chi connectivity index (χ0n) is 13.9. The van der Waals surface area contributed by atoms with Crippen LogP contribution in [0.2, 0.25) is 0 Å². The summed E-state index contributed by atoms with van der Waals surface area (Å²) in [6.07, 6.45) is 11.7. The first-order chi connectivity index (χ1) is 9.91. The molecule has 4 aliphatic carbocycles. The van der Waals surface area contributed by atoms with Crippen molar-refractivity contribution in [2.24, 2.45) is 35.0 Å². The fourth-order valence-electron chi connectivity index (χ4n) is 6.99. The standard InChI is InChI=1S/C20H32O/c1-13-4-7-18-17-6-5-14-12-19(2,21)10-8-15(14)16(17)9-11-20(13,18)3/h14-18,21H,1,4-12H2,2-3H3/t14-,15+,16-,17-,18+,19-,20-/m1/s1. The van der Waals surface area contributed by atoms with E-state index in [2.05, 4.69) is 20.4 Å². The second-order valence-corrected chi connectivity index (χ2v) is 9.27. The fraction of sp³-hybridized carbons (Fsp3) is 0.900. The number of hydrogen-bond donors (Lipinski definition) is 1. The van der Waals surface area contributed by atoms with Gasteiger partial charge in [0.1, 0.15) is 0 Å². The molecule has 0 aromatic heterocycles. The predicted octanol–water partition coefficient (Wildman–Crippen LogP) is 4.95. The molecule has 1 N–H and O–H groups in total. The van der Waals surface area contributed by atoms with Gasteiger partial charge >= 0.3 is 0 Å². The average Bonchev–Trinajstić information content (AvgIpc) is 2.73. The van der Waals surface area contributed by atoms with Gasteiger partial charge in [-0.1, -0.05) is 19.1 Å². The highest BCUT2D eigenvalue weighted by Crippen LogP contribution is 2.64. The molecular weight excluding hydrogens is 256 g/mol. The monoisotopic (exact) mass is 288 g/mol. The summed E-state index contributed by atoms with van der Waals surface area (Å²) in [5, 5.41) is 10.4. The van der Waals surface area contributed by atoms with Crippen molar-refractivity contribution < 1.29 is 5.11 Å². The van der Waals surface area contributed by atoms with Gasteiger partial charge in [0.15, 0.2) is 0 Å². The van der Waals surface area contributed by atoms with Crippen molar-refractivity contribution in [3.8, 4) is 0 Å². The van der Waals surface area contributed by atoms with Crippen LogP contribution < -0.4 is 0 Å². The molecule has 0 unspecified atom stereocenters. The lowest BCUT2D eigenvalue weighted by Crippen LogP contribution is -2.49. The number of aliphatic hydroxyl groups is 1. The highest BCUT2D eigenvalue weighted by Gasteiger charge is 2.55. The zero-order valence-corrected chi connectivity index (χ0v) is 13.9. The Labute approximate surface area is 130 Å². The van der Waals surface area contributed by atoms with Crippen LogP contribution in [0.5, 0.6) is 0 Å². The Hall–Kier alpha value is -0.300. The quantitative estimate of drug-likeness (QED) is 0.626. The summed E-state index contributed by atoms with van der Waals surface area (Å²) in [6.45, 7) is 8.99. The lowest BCUT2D eigenvalue weighted by molar-refractivity contribution is -0.0899. The first-order valence-electron chi connectivity index (χ1n) is 9.31. The van der Waals surface area contributed by atoms with E-state index in [4.69, 9.17) is 0 Å². The third-order valence-corrected chi connectivity index (χ3v) is 8.19. The SMILES string of the molecule is C=C1CC[C@H]2[C@@H]3CC[C@@H]4C[C@](C)(O)CC[C@@H]4[C@H]3CC[C@]12C. The first-order valence-corrected chi connectivity index (χ1v) is 9.31. The molecule has 0 saturated heterocycles. The number of hydrogen-bond acceptors (Lipinski definition) is 1. The Morgan fingerprint density at radius 3 is 2.52 bits per heavy atom. The number of allylic oxidation sites excluding steroid dienone is 1. The van der Waals surface area contributed by atoms with E-state index in [0.717, 1.165) is 42.4 Å². The maximum atomic E-state index is 10.4. The van der Waals surface area contributed by atoms with Crippen molar-refractivity contribution in [3.63, 3.8) is 0 Å². The molecule has 4 rings (SSSR count). The normalized spacial score (nSPS) is 56.5. The summed E-state index contributed by atoms with van der Waals surface area (Å²) in [4.78, 5) is 0. The third kappa shape index (κ3) is 2.06. The number of fused-ring (bicyclic) bond motifs is 5. The summed E-state index contributed by atoms with van der Waals surface area (Å²) < 4.78 is 0. The van der Waals surface area contributed by atoms with E-state index in [1.165, 1.54) is 44.9 Å². The van der Waals surface area contributed by atoms with E-state index < -0.39 is 0 Å². The Morgan fingerprint density at radius 1 is 0.952 bits per heavy atom. The van der Waals surface area contributed by atoms with Crippen LogP contribution in [0.25, 0.3) is 0 Å². The molecule has 7 atom stereocenters. The van der Waals surface area contributed by atoms with Gasteiger partial charge in [-0.2, -0.15) is 0 Å². The molecule has 0 aliphatic heterocycles. The maximum Gasteiger partial charge on any atom is 0.0622 e. The highest BCUT2D eigenvalue weighted by atomic mass is 16.3. The van der Waals surface area contributed by atoms with E-state index in [0.29, 0.717) is 5.41 Å². The van der Waals surface area contributed by atoms with Gasteiger partial charge in [-0.3, -0.25) is 0 Å². The Morgan fingerprint density at radius 2 is 1.71 bits per heavy atom. The van der Waals surface area contributed by atoms with Crippen LogP contribution in [0.1, 0.15) is 71.6 Å². The van der Waals surface area contributed by atoms with Crippen LogP contribution in [0.3, 0.4) is 0 Å². The van der Waals surface area contributed by atoms with E-state index in [-0.39, 0.29) is 5.60 Å². The molecule has 4 saturated carbocycles. The minimum atomic E-state index is -0.376. The minimum absolute atomic E-state index is 0.376. The molecule has 21 heavy (non-hydrogen) atoms. The van der Waals surface area contributed by atoms with E-state index >= 15 is 0 Å². The number of rotatable bonds is 0. The van der Waals surface area contributed by atoms with Gasteiger partial charge in [0.25, 0.3) is 0 Å². The summed E-state index contributed by atoms with van der Waals surface area (Å²) >= 11 is 0. The van der Waals surface area contributed by atoms with Crippen molar-refractivity contribution in [2.45, 2.75) is 77.2 Å². The summed E-state index contributed by atoms with van der Waals surface area (Å²) in [5.41, 5.74) is 1.65. The summed E-state index contributed by atoms with van der Waals surface area (Å²) in [5.74, 6) is 4.58. The molecule has 1 heteroatoms. The molecule has 4 aliphatic rings. The van der Waals surface area contributed by atoms with Gasteiger partial charge in [0, 0.05) is 0 Å². The smallest absolute Gasteiger partial charge is 0.0622 e. The van der Waals surface area contributed by atoms with Gasteiger partial charge < -0.3 is 5.11 Å². The molecule has 4 fully saturated rings. The van der Waals surface area contributed by atoms with Crippen LogP contribution in [-0.2, 0) is 0 Å². The molecule has 118 valence electrons. The molecule has 0 spiro atoms. The second kappa shape index (κ2) is 4.60. The minimum Gasteiger partial charge on any atom is -0.390 e. The van der Waals surface area contributed by atoms with Crippen LogP contribution in [0, 0.1) is 35.0 Å². The predicted molar refractivity (Wildman–Crippen MR) is 86.9 cm³/mol. The lowest BCUT2D eigenvalue weighted by Gasteiger charge is -2.56. The van der Waals surface area contributed by atoms with Gasteiger partial charge in [0.05, 0.1) is 5.60 Å². The van der Waals surface area contributed by atoms with Gasteiger partial charge in [0.2, 0.25) is 0 Å². The molecule has 0 aromatic rings. The second-order valence-electron chi connectivity index (χ2n) is 9.27. The van der Waals surface area contributed by atoms with Crippen molar-refractivity contribution in [1.29, 1.82) is 0 Å². The molecule has 0 aromatic carbocycles. The van der Waals surface area contributed by atoms with Gasteiger partial charge in [-0.05, 0) is 99.7 Å². The molecule has 0 heterocycles. The topological polar surface area (TPSA) is 20.2 Å². The largest absolute Gasteiger partial charge is 0.390 e. The Kier molecular flexibility index (Phi) is 3.13. The van der Waals surface area contributed by atoms with E-state index in [1.807, 2.05) is 0 Å². The average molecular weight is 288 g/mol. The molecule has 1 nitrogen and oxygen atoms in total. The van der Waals surface area contributed by atoms with E-state index in [9.17, 15) is 5.11 Å². The molecular formula is C20H32O. The van der Waals surface area contributed by atoms with E-state index in [1.54, 1.807) is 5.57 Å². The fourth-order valence-corrected chi connectivity index (χ4v) is 6.99. The lowest BCUT2D eigenvalue weighted by atomic mass is 9.49. The van der Waals surface area contributed by atoms with Crippen LogP contribution in [0.4, 0.5) is 0 Å². The highest BCUT2D eigenvalue weighted by molar-refractivity contribution is 5.20.